The summed E-state index contributed by atoms with van der Waals surface area (Å²) in [5.74, 6) is 1.70. The standard InChI is InChI=1S/C22H34N4O3.C6H7NO.C2H6/c1-3-29-20(27)9-5-4-6-13-26-16(2)14-19(22(26)28)24-15-18-11-10-17-8-7-12-23-21(17)25-18;1-8-6-4-2-3-5-7-6;1-2/h10-11,16,19,24H,3-9,12-15H2,1-2H3,(H,23,25);2-5H,1H3;1-2H3. The highest BCUT2D eigenvalue weighted by atomic mass is 16.5. The van der Waals surface area contributed by atoms with Gasteiger partial charge >= 0.3 is 5.97 Å². The van der Waals surface area contributed by atoms with Crippen molar-refractivity contribution in [1.29, 1.82) is 0 Å². The second kappa shape index (κ2) is 18.2. The number of ether oxygens (including phenoxy) is 2. The number of esters is 1. The van der Waals surface area contributed by atoms with Gasteiger partial charge in [0.2, 0.25) is 11.8 Å². The molecule has 2 aliphatic rings. The number of likely N-dealkylation sites (tertiary alicyclic amines) is 1. The number of hydrogen-bond acceptors (Lipinski definition) is 8. The molecule has 1 saturated heterocycles. The number of hydrogen-bond donors (Lipinski definition) is 2. The van der Waals surface area contributed by atoms with Gasteiger partial charge < -0.3 is 25.0 Å². The summed E-state index contributed by atoms with van der Waals surface area (Å²) in [6.07, 6.45) is 7.87. The number of aromatic nitrogens is 2. The highest BCUT2D eigenvalue weighted by Crippen LogP contribution is 2.22. The molecule has 0 spiro atoms. The Balaban J connectivity index is 0.000000451. The zero-order valence-corrected chi connectivity index (χ0v) is 24.4. The molecule has 0 aromatic carbocycles. The summed E-state index contributed by atoms with van der Waals surface area (Å²) in [6, 6.07) is 9.84. The van der Waals surface area contributed by atoms with Crippen LogP contribution in [-0.4, -0.2) is 65.6 Å². The Morgan fingerprint density at radius 3 is 2.69 bits per heavy atom. The first-order valence-electron chi connectivity index (χ1n) is 14.4. The van der Waals surface area contributed by atoms with Crippen LogP contribution < -0.4 is 15.4 Å². The molecule has 9 heteroatoms. The minimum atomic E-state index is -0.143. The molecule has 2 aromatic rings. The number of fused-ring (bicyclic) bond motifs is 1. The predicted octanol–water partition coefficient (Wildman–Crippen LogP) is 4.76. The normalized spacial score (nSPS) is 17.6. The van der Waals surface area contributed by atoms with Crippen LogP contribution in [0, 0.1) is 0 Å². The number of anilines is 1. The number of methoxy groups -OCH3 is 1. The van der Waals surface area contributed by atoms with Gasteiger partial charge in [0.05, 0.1) is 25.5 Å². The molecule has 2 unspecified atom stereocenters. The lowest BCUT2D eigenvalue weighted by atomic mass is 10.1. The fraction of sp³-hybridized carbons (Fsp3) is 0.600. The molecule has 0 bridgehead atoms. The minimum absolute atomic E-state index is 0.131. The average molecular weight is 542 g/mol. The van der Waals surface area contributed by atoms with Gasteiger partial charge in [0.1, 0.15) is 5.82 Å². The number of carbonyl (C=O) groups is 2. The lowest BCUT2D eigenvalue weighted by Gasteiger charge is -2.21. The second-order valence-corrected chi connectivity index (χ2v) is 9.38. The van der Waals surface area contributed by atoms with E-state index in [0.717, 1.165) is 63.1 Å². The molecule has 0 aliphatic carbocycles. The number of unbranched alkanes of at least 4 members (excludes halogenated alkanes) is 2. The number of nitrogens with one attached hydrogen (secondary N) is 2. The van der Waals surface area contributed by atoms with Gasteiger partial charge in [-0.2, -0.15) is 0 Å². The molecular formula is C30H47N5O4. The lowest BCUT2D eigenvalue weighted by molar-refractivity contribution is -0.143. The van der Waals surface area contributed by atoms with E-state index in [9.17, 15) is 9.59 Å². The third-order valence-corrected chi connectivity index (χ3v) is 6.60. The van der Waals surface area contributed by atoms with Crippen molar-refractivity contribution in [2.75, 3.05) is 32.1 Å². The first-order valence-corrected chi connectivity index (χ1v) is 14.4. The van der Waals surface area contributed by atoms with Gasteiger partial charge in [-0.25, -0.2) is 9.97 Å². The first kappa shape index (κ1) is 32.0. The molecule has 216 valence electrons. The Bertz CT molecular complexity index is 989. The van der Waals surface area contributed by atoms with Gasteiger partial charge in [0.25, 0.3) is 0 Å². The van der Waals surface area contributed by atoms with E-state index in [1.165, 1.54) is 5.56 Å². The predicted molar refractivity (Wildman–Crippen MR) is 155 cm³/mol. The average Bonchev–Trinajstić information content (AvgIpc) is 3.25. The van der Waals surface area contributed by atoms with E-state index in [4.69, 9.17) is 14.5 Å². The zero-order valence-electron chi connectivity index (χ0n) is 24.4. The number of aryl methyl sites for hydroxylation is 1. The molecule has 2 aliphatic heterocycles. The van der Waals surface area contributed by atoms with Crippen LogP contribution in [0.5, 0.6) is 5.88 Å². The van der Waals surface area contributed by atoms with Gasteiger partial charge in [0, 0.05) is 44.4 Å². The minimum Gasteiger partial charge on any atom is -0.481 e. The number of amides is 1. The summed E-state index contributed by atoms with van der Waals surface area (Å²) in [7, 11) is 1.60. The quantitative estimate of drug-likeness (QED) is 0.310. The Labute approximate surface area is 234 Å². The monoisotopic (exact) mass is 541 g/mol. The van der Waals surface area contributed by atoms with Gasteiger partial charge in [-0.15, -0.1) is 0 Å². The van der Waals surface area contributed by atoms with Crippen molar-refractivity contribution in [3.8, 4) is 5.88 Å². The Kier molecular flexibility index (Phi) is 14.9. The van der Waals surface area contributed by atoms with Crippen molar-refractivity contribution < 1.29 is 19.1 Å². The molecule has 9 nitrogen and oxygen atoms in total. The van der Waals surface area contributed by atoms with Crippen molar-refractivity contribution in [1.82, 2.24) is 20.2 Å². The number of carbonyl (C=O) groups excluding carboxylic acids is 2. The van der Waals surface area contributed by atoms with Gasteiger partial charge in [-0.05, 0) is 63.6 Å². The van der Waals surface area contributed by atoms with Crippen LogP contribution in [0.1, 0.15) is 77.5 Å². The lowest BCUT2D eigenvalue weighted by Crippen LogP contribution is -2.39. The Morgan fingerprint density at radius 1 is 1.18 bits per heavy atom. The Hall–Kier alpha value is -3.20. The van der Waals surface area contributed by atoms with Crippen molar-refractivity contribution in [3.05, 3.63) is 47.8 Å². The Morgan fingerprint density at radius 2 is 2.00 bits per heavy atom. The van der Waals surface area contributed by atoms with E-state index in [-0.39, 0.29) is 24.0 Å². The summed E-state index contributed by atoms with van der Waals surface area (Å²) in [5, 5.41) is 6.76. The second-order valence-electron chi connectivity index (χ2n) is 9.38. The molecule has 0 radical (unpaired) electrons. The van der Waals surface area contributed by atoms with E-state index >= 15 is 0 Å². The van der Waals surface area contributed by atoms with E-state index in [1.54, 1.807) is 19.4 Å². The summed E-state index contributed by atoms with van der Waals surface area (Å²) in [5.41, 5.74) is 2.25. The van der Waals surface area contributed by atoms with E-state index < -0.39 is 0 Å². The summed E-state index contributed by atoms with van der Waals surface area (Å²) in [6.45, 7) is 10.7. The maximum atomic E-state index is 12.8. The van der Waals surface area contributed by atoms with Crippen molar-refractivity contribution >= 4 is 17.7 Å². The molecule has 0 saturated carbocycles. The van der Waals surface area contributed by atoms with Gasteiger partial charge in [-0.3, -0.25) is 9.59 Å². The van der Waals surface area contributed by atoms with Crippen molar-refractivity contribution in [2.45, 2.75) is 91.3 Å². The number of nitrogens with zero attached hydrogens (tertiary/aromatic N) is 3. The van der Waals surface area contributed by atoms with E-state index in [1.807, 2.05) is 37.8 Å². The van der Waals surface area contributed by atoms with E-state index in [0.29, 0.717) is 25.5 Å². The third-order valence-electron chi connectivity index (χ3n) is 6.60. The molecule has 4 heterocycles. The summed E-state index contributed by atoms with van der Waals surface area (Å²) >= 11 is 0. The topological polar surface area (TPSA) is 106 Å². The zero-order chi connectivity index (χ0) is 28.5. The maximum Gasteiger partial charge on any atom is 0.305 e. The first-order chi connectivity index (χ1) is 19.0. The molecular weight excluding hydrogens is 494 g/mol. The molecule has 4 rings (SSSR count). The SMILES string of the molecule is CC.CCOC(=O)CCCCCN1C(=O)C(NCc2ccc3c(n2)NCCC3)CC1C.COc1ccccn1. The largest absolute Gasteiger partial charge is 0.481 e. The highest BCUT2D eigenvalue weighted by molar-refractivity contribution is 5.84. The van der Waals surface area contributed by atoms with Gasteiger partial charge in [-0.1, -0.05) is 32.4 Å². The smallest absolute Gasteiger partial charge is 0.305 e. The number of pyridine rings is 2. The highest BCUT2D eigenvalue weighted by Gasteiger charge is 2.36. The fourth-order valence-electron chi connectivity index (χ4n) is 4.61. The van der Waals surface area contributed by atoms with Gasteiger partial charge in [0.15, 0.2) is 0 Å². The van der Waals surface area contributed by atoms with Crippen LogP contribution in [-0.2, 0) is 27.3 Å². The fourth-order valence-corrected chi connectivity index (χ4v) is 4.61. The van der Waals surface area contributed by atoms with Crippen LogP contribution in [0.4, 0.5) is 5.82 Å². The van der Waals surface area contributed by atoms with Crippen LogP contribution in [0.3, 0.4) is 0 Å². The molecule has 1 amide bonds. The van der Waals surface area contributed by atoms with Crippen LogP contribution >= 0.6 is 0 Å². The molecule has 2 atom stereocenters. The van der Waals surface area contributed by atoms with Crippen LogP contribution in [0.15, 0.2) is 36.5 Å². The third kappa shape index (κ3) is 10.8. The van der Waals surface area contributed by atoms with Crippen molar-refractivity contribution in [2.24, 2.45) is 0 Å². The summed E-state index contributed by atoms with van der Waals surface area (Å²) < 4.78 is 9.75. The van der Waals surface area contributed by atoms with Crippen LogP contribution in [0.2, 0.25) is 0 Å². The molecule has 39 heavy (non-hydrogen) atoms. The molecule has 2 aromatic heterocycles. The van der Waals surface area contributed by atoms with Crippen LogP contribution in [0.25, 0.3) is 0 Å². The molecule has 1 fully saturated rings. The maximum absolute atomic E-state index is 12.8. The number of rotatable bonds is 11. The van der Waals surface area contributed by atoms with Crippen molar-refractivity contribution in [3.63, 3.8) is 0 Å². The van der Waals surface area contributed by atoms with E-state index in [2.05, 4.69) is 34.7 Å². The summed E-state index contributed by atoms with van der Waals surface area (Å²) in [4.78, 5) is 34.7. The molecule has 2 N–H and O–H groups in total.